The van der Waals surface area contributed by atoms with E-state index >= 15 is 0 Å². The summed E-state index contributed by atoms with van der Waals surface area (Å²) in [4.78, 5) is 52.1. The van der Waals surface area contributed by atoms with Gasteiger partial charge in [0.2, 0.25) is 11.8 Å². The van der Waals surface area contributed by atoms with E-state index in [9.17, 15) is 28.0 Å². The number of rotatable bonds is 8. The Morgan fingerprint density at radius 1 is 1.13 bits per heavy atom. The summed E-state index contributed by atoms with van der Waals surface area (Å²) in [5, 5.41) is 7.49. The molecule has 0 unspecified atom stereocenters. The normalized spacial score (nSPS) is 13.3. The summed E-state index contributed by atoms with van der Waals surface area (Å²) in [6.07, 6.45) is 1.26. The van der Waals surface area contributed by atoms with E-state index in [1.807, 2.05) is 0 Å². The molecule has 0 radical (unpaired) electrons. The molecule has 3 rings (SSSR count). The Balaban J connectivity index is 1.54. The van der Waals surface area contributed by atoms with Crippen LogP contribution in [0.15, 0.2) is 47.6 Å². The summed E-state index contributed by atoms with van der Waals surface area (Å²) in [5.41, 5.74) is 0.848. The van der Waals surface area contributed by atoms with Crippen LogP contribution in [0.2, 0.25) is 0 Å². The average Bonchev–Trinajstić information content (AvgIpc) is 3.05. The van der Waals surface area contributed by atoms with Crippen LogP contribution in [0.5, 0.6) is 0 Å². The molecule has 0 saturated carbocycles. The maximum Gasteiger partial charge on any atom is 0.324 e. The zero-order chi connectivity index (χ0) is 22.4. The Hall–Kier alpha value is -3.54. The van der Waals surface area contributed by atoms with Crippen molar-refractivity contribution in [3.63, 3.8) is 0 Å². The van der Waals surface area contributed by atoms with Gasteiger partial charge in [-0.2, -0.15) is 8.78 Å². The number of hydrogen-bond donors (Lipinski definition) is 3. The molecule has 1 aromatic carbocycles. The number of pyridine rings is 1. The highest BCUT2D eigenvalue weighted by Gasteiger charge is 2.28. The van der Waals surface area contributed by atoms with Crippen molar-refractivity contribution >= 4 is 46.9 Å². The molecule has 2 heterocycles. The molecule has 1 aromatic heterocycles. The van der Waals surface area contributed by atoms with Crippen LogP contribution < -0.4 is 16.0 Å². The molecule has 2 aromatic rings. The van der Waals surface area contributed by atoms with Gasteiger partial charge < -0.3 is 16.0 Å². The van der Waals surface area contributed by atoms with Gasteiger partial charge in [-0.15, -0.1) is 0 Å². The smallest absolute Gasteiger partial charge is 0.324 e. The lowest BCUT2D eigenvalue weighted by atomic mass is 10.2. The molecule has 1 saturated heterocycles. The van der Waals surface area contributed by atoms with Gasteiger partial charge in [-0.05, 0) is 48.2 Å². The van der Waals surface area contributed by atoms with Gasteiger partial charge in [0.05, 0.1) is 12.1 Å². The van der Waals surface area contributed by atoms with Gasteiger partial charge >= 0.3 is 6.03 Å². The van der Waals surface area contributed by atoms with Crippen molar-refractivity contribution in [2.45, 2.75) is 17.2 Å². The quantitative estimate of drug-likeness (QED) is 0.421. The lowest BCUT2D eigenvalue weighted by Gasteiger charge is -2.12. The zero-order valence-corrected chi connectivity index (χ0v) is 16.7. The molecular formula is C19H17F2N5O4S. The molecule has 12 heteroatoms. The second kappa shape index (κ2) is 9.98. The van der Waals surface area contributed by atoms with Gasteiger partial charge in [0.1, 0.15) is 5.03 Å². The van der Waals surface area contributed by atoms with E-state index in [0.29, 0.717) is 11.4 Å². The number of hydrogen-bond acceptors (Lipinski definition) is 6. The number of carbonyl (C=O) groups is 4. The van der Waals surface area contributed by atoms with E-state index in [4.69, 9.17) is 0 Å². The number of halogens is 2. The number of alkyl halides is 2. The van der Waals surface area contributed by atoms with Gasteiger partial charge in [0.25, 0.3) is 11.7 Å². The Bertz CT molecular complexity index is 987. The molecule has 1 aliphatic heterocycles. The second-order valence-corrected chi connectivity index (χ2v) is 7.25. The fourth-order valence-corrected chi connectivity index (χ4v) is 3.27. The van der Waals surface area contributed by atoms with Gasteiger partial charge in [0, 0.05) is 30.5 Å². The maximum absolute atomic E-state index is 12.6. The van der Waals surface area contributed by atoms with Crippen molar-refractivity contribution in [2.75, 3.05) is 23.7 Å². The third kappa shape index (κ3) is 5.98. The van der Waals surface area contributed by atoms with Gasteiger partial charge in [-0.1, -0.05) is 0 Å². The van der Waals surface area contributed by atoms with E-state index in [1.54, 1.807) is 12.1 Å². The van der Waals surface area contributed by atoms with Crippen molar-refractivity contribution in [2.24, 2.45) is 0 Å². The molecule has 1 aliphatic rings. The number of nitrogens with zero attached hydrogens (tertiary/aromatic N) is 2. The first kappa shape index (κ1) is 22.2. The number of thioether (sulfide) groups is 1. The summed E-state index contributed by atoms with van der Waals surface area (Å²) in [5.74, 6) is -4.08. The molecule has 0 aliphatic carbocycles. The topological polar surface area (TPSA) is 121 Å². The van der Waals surface area contributed by atoms with Crippen molar-refractivity contribution < 1.29 is 28.0 Å². The first-order chi connectivity index (χ1) is 14.8. The summed E-state index contributed by atoms with van der Waals surface area (Å²) in [7, 11) is 0. The fourth-order valence-electron chi connectivity index (χ4n) is 2.70. The third-order valence-corrected chi connectivity index (χ3v) is 4.87. The second-order valence-electron chi connectivity index (χ2n) is 6.27. The minimum absolute atomic E-state index is 0.0191. The summed E-state index contributed by atoms with van der Waals surface area (Å²) in [6.45, 7) is -0.107. The Morgan fingerprint density at radius 3 is 2.42 bits per heavy atom. The van der Waals surface area contributed by atoms with Crippen LogP contribution in [0.1, 0.15) is 16.8 Å². The monoisotopic (exact) mass is 449 g/mol. The van der Waals surface area contributed by atoms with Crippen LogP contribution in [0, 0.1) is 0 Å². The summed E-state index contributed by atoms with van der Waals surface area (Å²) in [6, 6.07) is 8.48. The Kier molecular flexibility index (Phi) is 7.13. The average molecular weight is 449 g/mol. The zero-order valence-electron chi connectivity index (χ0n) is 15.9. The van der Waals surface area contributed by atoms with E-state index in [-0.39, 0.29) is 47.8 Å². The summed E-state index contributed by atoms with van der Waals surface area (Å²) < 4.78 is 25.3. The number of nitrogens with one attached hydrogen (secondary N) is 3. The highest BCUT2D eigenvalue weighted by atomic mass is 32.2. The van der Waals surface area contributed by atoms with Crippen LogP contribution in [-0.4, -0.2) is 52.5 Å². The van der Waals surface area contributed by atoms with Gasteiger partial charge in [0.15, 0.2) is 0 Å². The molecule has 0 bridgehead atoms. The number of carbonyl (C=O) groups excluding carboxylic acids is 4. The molecule has 0 spiro atoms. The minimum atomic E-state index is -2.71. The maximum atomic E-state index is 12.6. The van der Waals surface area contributed by atoms with Crippen LogP contribution >= 0.6 is 11.8 Å². The van der Waals surface area contributed by atoms with Crippen LogP contribution in [0.25, 0.3) is 0 Å². The first-order valence-electron chi connectivity index (χ1n) is 9.03. The Labute approximate surface area is 179 Å². The molecule has 9 nitrogen and oxygen atoms in total. The van der Waals surface area contributed by atoms with E-state index in [0.717, 1.165) is 4.90 Å². The molecule has 3 N–H and O–H groups in total. The molecule has 31 heavy (non-hydrogen) atoms. The third-order valence-electron chi connectivity index (χ3n) is 4.14. The fraction of sp³-hybridized carbons (Fsp3) is 0.211. The van der Waals surface area contributed by atoms with E-state index < -0.39 is 23.6 Å². The number of amides is 5. The minimum Gasteiger partial charge on any atom is -0.329 e. The van der Waals surface area contributed by atoms with E-state index in [1.165, 1.54) is 30.5 Å². The van der Waals surface area contributed by atoms with Gasteiger partial charge in [-0.25, -0.2) is 9.78 Å². The highest BCUT2D eigenvalue weighted by molar-refractivity contribution is 7.99. The van der Waals surface area contributed by atoms with Crippen molar-refractivity contribution in [3.05, 3.63) is 48.2 Å². The first-order valence-corrected chi connectivity index (χ1v) is 9.91. The summed E-state index contributed by atoms with van der Waals surface area (Å²) >= 11 is 0.185. The van der Waals surface area contributed by atoms with Crippen LogP contribution in [0.3, 0.4) is 0 Å². The Morgan fingerprint density at radius 2 is 1.81 bits per heavy atom. The van der Waals surface area contributed by atoms with Crippen LogP contribution in [0.4, 0.5) is 25.0 Å². The number of urea groups is 1. The number of imide groups is 1. The number of anilines is 2. The van der Waals surface area contributed by atoms with Crippen molar-refractivity contribution in [1.29, 1.82) is 0 Å². The molecule has 5 amide bonds. The SMILES string of the molecule is O=C(CCN1C(=O)CNC1=O)Nc1ccc(NC(=O)c2cccnc2SC(F)F)cc1. The van der Waals surface area contributed by atoms with Crippen LogP contribution in [-0.2, 0) is 9.59 Å². The predicted molar refractivity (Wildman–Crippen MR) is 109 cm³/mol. The van der Waals surface area contributed by atoms with Crippen molar-refractivity contribution in [1.82, 2.24) is 15.2 Å². The molecule has 0 atom stereocenters. The van der Waals surface area contributed by atoms with Crippen molar-refractivity contribution in [3.8, 4) is 0 Å². The lowest BCUT2D eigenvalue weighted by molar-refractivity contribution is -0.125. The largest absolute Gasteiger partial charge is 0.329 e. The molecule has 1 fully saturated rings. The number of aromatic nitrogens is 1. The molecule has 162 valence electrons. The predicted octanol–water partition coefficient (Wildman–Crippen LogP) is 2.53. The lowest BCUT2D eigenvalue weighted by Crippen LogP contribution is -2.33. The molecular weight excluding hydrogens is 432 g/mol. The van der Waals surface area contributed by atoms with Gasteiger partial charge in [-0.3, -0.25) is 19.3 Å². The van der Waals surface area contributed by atoms with E-state index in [2.05, 4.69) is 20.9 Å². The standard InChI is InChI=1S/C19H17F2N5O4S/c20-18(21)31-17-13(2-1-8-22-17)16(29)25-12-5-3-11(4-6-12)24-14(27)7-9-26-15(28)10-23-19(26)30/h1-6,8,18H,7,9-10H2,(H,23,30)(H,24,27)(H,25,29). The highest BCUT2D eigenvalue weighted by Crippen LogP contribution is 2.27. The number of benzene rings is 1.